The van der Waals surface area contributed by atoms with Crippen molar-refractivity contribution in [3.63, 3.8) is 0 Å². The van der Waals surface area contributed by atoms with E-state index in [0.717, 1.165) is 25.7 Å². The average molecular weight is 411 g/mol. The molecule has 7 heteroatoms. The van der Waals surface area contributed by atoms with Crippen LogP contribution in [0.15, 0.2) is 34.9 Å². The monoisotopic (exact) mass is 410 g/mol. The average Bonchev–Trinajstić information content (AvgIpc) is 2.61. The maximum Gasteiger partial charge on any atom is 0.327 e. The number of aliphatic carboxylic acids is 1. The number of aldehydes is 1. The first-order chi connectivity index (χ1) is 13.3. The molecule has 0 radical (unpaired) electrons. The Balaban J connectivity index is 4.17. The second kappa shape index (κ2) is 16.0. The summed E-state index contributed by atoms with van der Waals surface area (Å²) in [6.07, 6.45) is 11.3. The van der Waals surface area contributed by atoms with Gasteiger partial charge in [0.05, 0.1) is 6.54 Å². The maximum absolute atomic E-state index is 11.5. The summed E-state index contributed by atoms with van der Waals surface area (Å²) in [6.45, 7) is 8.33. The van der Waals surface area contributed by atoms with E-state index in [4.69, 9.17) is 5.11 Å². The van der Waals surface area contributed by atoms with Gasteiger partial charge in [-0.1, -0.05) is 34.9 Å². The molecule has 3 N–H and O–H groups in total. The first-order valence-corrected chi connectivity index (χ1v) is 10.6. The molecular weight excluding hydrogens is 376 g/mol. The fourth-order valence-corrected chi connectivity index (χ4v) is 3.24. The Morgan fingerprint density at radius 2 is 1.61 bits per heavy atom. The summed E-state index contributed by atoms with van der Waals surface area (Å²) in [5, 5.41) is 13.8. The van der Waals surface area contributed by atoms with Crippen molar-refractivity contribution in [3.05, 3.63) is 34.9 Å². The largest absolute Gasteiger partial charge is 0.480 e. The van der Waals surface area contributed by atoms with E-state index in [1.54, 1.807) is 0 Å². The van der Waals surface area contributed by atoms with Gasteiger partial charge in [0.15, 0.2) is 0 Å². The Labute approximate surface area is 172 Å². The van der Waals surface area contributed by atoms with Gasteiger partial charge in [-0.25, -0.2) is 9.59 Å². The smallest absolute Gasteiger partial charge is 0.327 e. The SMILES string of the molecule is CC(C)=CCC/C(C)=C/CC/C(C)=C/CSCC(NC(=O)NCC=O)C(=O)O. The highest BCUT2D eigenvalue weighted by Crippen LogP contribution is 2.13. The molecule has 0 aliphatic heterocycles. The molecule has 2 amide bonds. The lowest BCUT2D eigenvalue weighted by molar-refractivity contribution is -0.138. The molecule has 1 atom stereocenters. The molecule has 0 saturated heterocycles. The Kier molecular flexibility index (Phi) is 14.8. The fourth-order valence-electron chi connectivity index (χ4n) is 2.24. The van der Waals surface area contributed by atoms with Gasteiger partial charge in [0.25, 0.3) is 0 Å². The van der Waals surface area contributed by atoms with Crippen molar-refractivity contribution < 1.29 is 19.5 Å². The van der Waals surface area contributed by atoms with Gasteiger partial charge in [-0.05, 0) is 53.4 Å². The van der Waals surface area contributed by atoms with Crippen LogP contribution in [0.2, 0.25) is 0 Å². The standard InChI is InChI=1S/C21H34N2O4S/c1-16(2)7-5-8-17(3)9-6-10-18(4)11-14-28-15-19(20(25)26)23-21(27)22-12-13-24/h7,9,11,13,19H,5-6,8,10,12,14-15H2,1-4H3,(H,25,26)(H2,22,23,27)/b17-9+,18-11+. The molecule has 0 aromatic carbocycles. The number of carbonyl (C=O) groups excluding carboxylic acids is 2. The highest BCUT2D eigenvalue weighted by Gasteiger charge is 2.19. The van der Waals surface area contributed by atoms with Crippen molar-refractivity contribution >= 4 is 30.0 Å². The number of thioether (sulfide) groups is 1. The van der Waals surface area contributed by atoms with Crippen LogP contribution in [0, 0.1) is 0 Å². The van der Waals surface area contributed by atoms with Gasteiger partial charge < -0.3 is 20.5 Å². The first-order valence-electron chi connectivity index (χ1n) is 9.49. The number of carboxylic acid groups (broad SMARTS) is 1. The van der Waals surface area contributed by atoms with Crippen LogP contribution in [-0.2, 0) is 9.59 Å². The van der Waals surface area contributed by atoms with Gasteiger partial charge in [-0.3, -0.25) is 0 Å². The Morgan fingerprint density at radius 3 is 2.18 bits per heavy atom. The molecule has 0 saturated carbocycles. The highest BCUT2D eigenvalue weighted by molar-refractivity contribution is 7.99. The van der Waals surface area contributed by atoms with Crippen LogP contribution in [0.4, 0.5) is 4.79 Å². The zero-order chi connectivity index (χ0) is 21.4. The maximum atomic E-state index is 11.5. The lowest BCUT2D eigenvalue weighted by Gasteiger charge is -2.13. The minimum absolute atomic E-state index is 0.143. The van der Waals surface area contributed by atoms with Crippen molar-refractivity contribution in [1.29, 1.82) is 0 Å². The molecule has 1 unspecified atom stereocenters. The second-order valence-electron chi connectivity index (χ2n) is 6.91. The molecule has 0 aromatic rings. The minimum Gasteiger partial charge on any atom is -0.480 e. The van der Waals surface area contributed by atoms with Crippen LogP contribution in [0.5, 0.6) is 0 Å². The molecule has 0 rings (SSSR count). The van der Waals surface area contributed by atoms with Crippen LogP contribution in [0.3, 0.4) is 0 Å². The van der Waals surface area contributed by atoms with Gasteiger partial charge in [0, 0.05) is 11.5 Å². The number of amides is 2. The van der Waals surface area contributed by atoms with Crippen molar-refractivity contribution in [3.8, 4) is 0 Å². The van der Waals surface area contributed by atoms with Gasteiger partial charge >= 0.3 is 12.0 Å². The molecular formula is C21H34N2O4S. The molecule has 0 fully saturated rings. The lowest BCUT2D eigenvalue weighted by Crippen LogP contribution is -2.47. The Hall–Kier alpha value is -2.02. The normalized spacial score (nSPS) is 12.9. The number of rotatable bonds is 14. The molecule has 0 bridgehead atoms. The van der Waals surface area contributed by atoms with E-state index in [1.807, 2.05) is 0 Å². The van der Waals surface area contributed by atoms with Crippen molar-refractivity contribution in [2.24, 2.45) is 0 Å². The summed E-state index contributed by atoms with van der Waals surface area (Å²) in [5.41, 5.74) is 4.03. The number of carboxylic acids is 1. The van der Waals surface area contributed by atoms with Crippen LogP contribution in [0.1, 0.15) is 53.4 Å². The van der Waals surface area contributed by atoms with E-state index in [0.29, 0.717) is 12.0 Å². The summed E-state index contributed by atoms with van der Waals surface area (Å²) < 4.78 is 0. The molecule has 0 aliphatic carbocycles. The van der Waals surface area contributed by atoms with Crippen LogP contribution < -0.4 is 10.6 Å². The third-order valence-corrected chi connectivity index (χ3v) is 4.88. The molecule has 6 nitrogen and oxygen atoms in total. The third kappa shape index (κ3) is 15.1. The number of hydrogen-bond donors (Lipinski definition) is 3. The summed E-state index contributed by atoms with van der Waals surface area (Å²) in [7, 11) is 0. The van der Waals surface area contributed by atoms with Crippen molar-refractivity contribution in [2.45, 2.75) is 59.4 Å². The minimum atomic E-state index is -1.09. The summed E-state index contributed by atoms with van der Waals surface area (Å²) >= 11 is 1.45. The van der Waals surface area contributed by atoms with Gasteiger partial charge in [-0.2, -0.15) is 11.8 Å². The van der Waals surface area contributed by atoms with E-state index in [-0.39, 0.29) is 12.3 Å². The van der Waals surface area contributed by atoms with Gasteiger partial charge in [0.1, 0.15) is 12.3 Å². The van der Waals surface area contributed by atoms with E-state index < -0.39 is 18.0 Å². The molecule has 0 aliphatic rings. The molecule has 0 heterocycles. The summed E-state index contributed by atoms with van der Waals surface area (Å²) in [4.78, 5) is 32.9. The lowest BCUT2D eigenvalue weighted by atomic mass is 10.1. The number of urea groups is 1. The number of nitrogens with one attached hydrogen (secondary N) is 2. The second-order valence-corrected chi connectivity index (χ2v) is 7.98. The zero-order valence-electron chi connectivity index (χ0n) is 17.4. The van der Waals surface area contributed by atoms with E-state index in [9.17, 15) is 14.4 Å². The zero-order valence-corrected chi connectivity index (χ0v) is 18.2. The van der Waals surface area contributed by atoms with Crippen LogP contribution >= 0.6 is 11.8 Å². The Morgan fingerprint density at radius 1 is 1.00 bits per heavy atom. The number of allylic oxidation sites excluding steroid dienone is 5. The molecule has 28 heavy (non-hydrogen) atoms. The topological polar surface area (TPSA) is 95.5 Å². The fraction of sp³-hybridized carbons (Fsp3) is 0.571. The number of hydrogen-bond acceptors (Lipinski definition) is 4. The van der Waals surface area contributed by atoms with Crippen molar-refractivity contribution in [1.82, 2.24) is 10.6 Å². The molecule has 0 spiro atoms. The number of carbonyl (C=O) groups is 3. The van der Waals surface area contributed by atoms with E-state index >= 15 is 0 Å². The first kappa shape index (κ1) is 26.0. The molecule has 158 valence electrons. The van der Waals surface area contributed by atoms with E-state index in [1.165, 1.54) is 28.5 Å². The third-order valence-electron chi connectivity index (χ3n) is 3.91. The van der Waals surface area contributed by atoms with Crippen LogP contribution in [0.25, 0.3) is 0 Å². The molecule has 0 aromatic heterocycles. The predicted octanol–water partition coefficient (Wildman–Crippen LogP) is 4.09. The van der Waals surface area contributed by atoms with Gasteiger partial charge in [0.2, 0.25) is 0 Å². The summed E-state index contributed by atoms with van der Waals surface area (Å²) in [6, 6.07) is -1.64. The summed E-state index contributed by atoms with van der Waals surface area (Å²) in [5.74, 6) is -0.142. The Bertz CT molecular complexity index is 593. The van der Waals surface area contributed by atoms with Crippen molar-refractivity contribution in [2.75, 3.05) is 18.1 Å². The highest BCUT2D eigenvalue weighted by atomic mass is 32.2. The van der Waals surface area contributed by atoms with Crippen LogP contribution in [-0.4, -0.2) is 47.5 Å². The quantitative estimate of drug-likeness (QED) is 0.228. The van der Waals surface area contributed by atoms with E-state index in [2.05, 4.69) is 56.6 Å². The predicted molar refractivity (Wildman–Crippen MR) is 117 cm³/mol. The van der Waals surface area contributed by atoms with Gasteiger partial charge in [-0.15, -0.1) is 0 Å².